The molecule has 0 spiro atoms. The van der Waals surface area contributed by atoms with Crippen molar-refractivity contribution in [1.29, 1.82) is 0 Å². The van der Waals surface area contributed by atoms with Gasteiger partial charge in [0.2, 0.25) is 10.0 Å². The summed E-state index contributed by atoms with van der Waals surface area (Å²) in [5, 5.41) is 14.5. The molecule has 7 atom stereocenters. The van der Waals surface area contributed by atoms with Crippen molar-refractivity contribution in [2.45, 2.75) is 88.4 Å². The highest BCUT2D eigenvalue weighted by Gasteiger charge is 2.53. The first-order chi connectivity index (χ1) is 22.5. The largest absolute Gasteiger partial charge is 0.443 e. The van der Waals surface area contributed by atoms with Gasteiger partial charge in [0.15, 0.2) is 17.9 Å². The second kappa shape index (κ2) is 14.1. The maximum Gasteiger partial charge on any atom is 0.407 e. The molecule has 2 aromatic carbocycles. The van der Waals surface area contributed by atoms with Gasteiger partial charge in [0, 0.05) is 36.4 Å². The first-order valence-corrected chi connectivity index (χ1v) is 17.9. The molecule has 1 saturated carbocycles. The van der Waals surface area contributed by atoms with E-state index in [4.69, 9.17) is 18.6 Å². The molecule has 1 aromatic heterocycles. The number of nitrogens with one attached hydrogen (secondary N) is 1. The van der Waals surface area contributed by atoms with Crippen LogP contribution in [0.3, 0.4) is 0 Å². The summed E-state index contributed by atoms with van der Waals surface area (Å²) in [6.45, 7) is 8.24. The van der Waals surface area contributed by atoms with E-state index in [1.165, 1.54) is 16.4 Å². The summed E-state index contributed by atoms with van der Waals surface area (Å²) in [6, 6.07) is 15.1. The third-order valence-corrected chi connectivity index (χ3v) is 11.0. The number of amides is 1. The Morgan fingerprint density at radius 1 is 1.04 bits per heavy atom. The number of hydrogen-bond donors (Lipinski definition) is 2. The van der Waals surface area contributed by atoms with Crippen molar-refractivity contribution in [3.05, 3.63) is 72.2 Å². The smallest absolute Gasteiger partial charge is 0.407 e. The fraction of sp³-hybridized carbons (Fsp3) is 0.543. The monoisotopic (exact) mass is 667 g/mol. The molecule has 1 aliphatic carbocycles. The van der Waals surface area contributed by atoms with Crippen LogP contribution in [-0.2, 0) is 30.7 Å². The van der Waals surface area contributed by atoms with Crippen LogP contribution < -0.4 is 5.32 Å². The van der Waals surface area contributed by atoms with Gasteiger partial charge in [-0.25, -0.2) is 18.2 Å². The number of aromatic nitrogens is 1. The van der Waals surface area contributed by atoms with E-state index in [2.05, 4.69) is 10.3 Å². The van der Waals surface area contributed by atoms with Crippen LogP contribution in [0.25, 0.3) is 11.3 Å². The van der Waals surface area contributed by atoms with Gasteiger partial charge < -0.3 is 29.1 Å². The molecule has 2 N–H and O–H groups in total. The number of aliphatic hydroxyl groups is 1. The van der Waals surface area contributed by atoms with Crippen molar-refractivity contribution in [3.8, 4) is 11.3 Å². The molecule has 6 rings (SSSR count). The third-order valence-electron chi connectivity index (χ3n) is 9.20. The van der Waals surface area contributed by atoms with Crippen LogP contribution in [0.4, 0.5) is 4.79 Å². The van der Waals surface area contributed by atoms with Crippen molar-refractivity contribution < 1.29 is 36.9 Å². The van der Waals surface area contributed by atoms with Crippen LogP contribution in [0.2, 0.25) is 0 Å². The van der Waals surface area contributed by atoms with E-state index in [0.29, 0.717) is 29.7 Å². The molecule has 3 heterocycles. The number of carbonyl (C=O) groups is 1. The second-order valence-electron chi connectivity index (χ2n) is 13.7. The molecule has 3 bridgehead atoms. The fourth-order valence-electron chi connectivity index (χ4n) is 6.83. The maximum atomic E-state index is 14.0. The van der Waals surface area contributed by atoms with E-state index in [1.54, 1.807) is 18.3 Å². The standard InChI is InChI=1S/C35H45N3O8S/c1-21(2)18-38(47(41,42)27-12-10-24(11-13-27)31-17-36-33(44-31)22(3)4)19-29(39)28(14-23-8-6-5-7-9-23)37-35(40)46-32-26-15-25-16-30(32)45-34(25)43-20-26/h5-13,17,21-22,25-26,28-30,32,34,39H,14-16,18-20H2,1-4H3,(H,37,40)/t25?,26?,28-,29+,30?,32?,34?/m0/s1. The first-order valence-electron chi connectivity index (χ1n) is 16.5. The van der Waals surface area contributed by atoms with Gasteiger partial charge in [-0.1, -0.05) is 58.0 Å². The van der Waals surface area contributed by atoms with Crippen molar-refractivity contribution in [2.75, 3.05) is 19.7 Å². The van der Waals surface area contributed by atoms with Crippen molar-refractivity contribution in [2.24, 2.45) is 17.8 Å². The zero-order valence-corrected chi connectivity index (χ0v) is 28.1. The summed E-state index contributed by atoms with van der Waals surface area (Å²) in [7, 11) is -4.02. The number of ether oxygens (including phenoxy) is 3. The summed E-state index contributed by atoms with van der Waals surface area (Å²) >= 11 is 0. The van der Waals surface area contributed by atoms with Crippen LogP contribution in [0.15, 0.2) is 70.1 Å². The third kappa shape index (κ3) is 7.57. The molecule has 3 fully saturated rings. The number of aliphatic hydroxyl groups excluding tert-OH is 1. The lowest BCUT2D eigenvalue weighted by molar-refractivity contribution is -0.153. The predicted octanol–water partition coefficient (Wildman–Crippen LogP) is 4.96. The molecule has 12 heteroatoms. The Labute approximate surface area is 276 Å². The molecule has 0 radical (unpaired) electrons. The van der Waals surface area contributed by atoms with Gasteiger partial charge in [0.05, 0.1) is 35.9 Å². The molecule has 2 saturated heterocycles. The minimum atomic E-state index is -4.02. The van der Waals surface area contributed by atoms with Gasteiger partial charge >= 0.3 is 6.09 Å². The minimum absolute atomic E-state index is 0.0237. The number of hydrogen-bond acceptors (Lipinski definition) is 9. The molecule has 3 aliphatic rings. The molecule has 254 valence electrons. The van der Waals surface area contributed by atoms with E-state index >= 15 is 0 Å². The molecule has 11 nitrogen and oxygen atoms in total. The number of alkyl carbamates (subject to hydrolysis) is 1. The van der Waals surface area contributed by atoms with Crippen LogP contribution in [0, 0.1) is 17.8 Å². The predicted molar refractivity (Wildman–Crippen MR) is 174 cm³/mol. The highest BCUT2D eigenvalue weighted by Crippen LogP contribution is 2.46. The molecule has 2 aliphatic heterocycles. The van der Waals surface area contributed by atoms with E-state index in [-0.39, 0.29) is 54.6 Å². The summed E-state index contributed by atoms with van der Waals surface area (Å²) in [5.74, 6) is 1.66. The van der Waals surface area contributed by atoms with E-state index in [1.807, 2.05) is 58.0 Å². The van der Waals surface area contributed by atoms with Crippen molar-refractivity contribution >= 4 is 16.1 Å². The minimum Gasteiger partial charge on any atom is -0.443 e. The van der Waals surface area contributed by atoms with Gasteiger partial charge in [0.1, 0.15) is 6.10 Å². The number of sulfonamides is 1. The normalized spacial score (nSPS) is 25.0. The SMILES string of the molecule is CC(C)CN(C[C@@H](O)[C@H](Cc1ccccc1)NC(=O)OC1C2COC3OC1CC3C2)S(=O)(=O)c1ccc(-c2cnc(C(C)C)o2)cc1. The Hall–Kier alpha value is -3.29. The molecule has 47 heavy (non-hydrogen) atoms. The average molecular weight is 668 g/mol. The number of oxazole rings is 1. The topological polar surface area (TPSA) is 140 Å². The molecule has 5 unspecified atom stereocenters. The van der Waals surface area contributed by atoms with Gasteiger partial charge in [-0.05, 0) is 55.0 Å². The highest BCUT2D eigenvalue weighted by atomic mass is 32.2. The molecule has 1 amide bonds. The molecular formula is C35H45N3O8S. The van der Waals surface area contributed by atoms with Crippen LogP contribution in [-0.4, -0.2) is 79.2 Å². The number of carbonyl (C=O) groups excluding carboxylic acids is 1. The lowest BCUT2D eigenvalue weighted by atomic mass is 9.78. The van der Waals surface area contributed by atoms with Gasteiger partial charge in [-0.15, -0.1) is 0 Å². The van der Waals surface area contributed by atoms with E-state index < -0.39 is 34.4 Å². The number of rotatable bonds is 13. The zero-order chi connectivity index (χ0) is 33.3. The van der Waals surface area contributed by atoms with Crippen molar-refractivity contribution in [3.63, 3.8) is 0 Å². The van der Waals surface area contributed by atoms with E-state index in [9.17, 15) is 18.3 Å². The Balaban J connectivity index is 1.18. The lowest BCUT2D eigenvalue weighted by Gasteiger charge is -2.37. The summed E-state index contributed by atoms with van der Waals surface area (Å²) in [5.41, 5.74) is 1.59. The summed E-state index contributed by atoms with van der Waals surface area (Å²) in [4.78, 5) is 17.7. The van der Waals surface area contributed by atoms with Gasteiger partial charge in [-0.2, -0.15) is 4.31 Å². The summed E-state index contributed by atoms with van der Waals surface area (Å²) < 4.78 is 52.8. The quantitative estimate of drug-likeness (QED) is 0.259. The Kier molecular flexibility index (Phi) is 10.0. The van der Waals surface area contributed by atoms with Crippen molar-refractivity contribution in [1.82, 2.24) is 14.6 Å². The number of benzene rings is 2. The zero-order valence-electron chi connectivity index (χ0n) is 27.3. The molecule has 3 aromatic rings. The highest BCUT2D eigenvalue weighted by molar-refractivity contribution is 7.89. The lowest BCUT2D eigenvalue weighted by Crippen LogP contribution is -2.53. The van der Waals surface area contributed by atoms with Crippen LogP contribution in [0.5, 0.6) is 0 Å². The summed E-state index contributed by atoms with van der Waals surface area (Å²) in [6.07, 6.45) is 0.784. The Morgan fingerprint density at radius 2 is 1.79 bits per heavy atom. The second-order valence-corrected chi connectivity index (χ2v) is 15.6. The van der Waals surface area contributed by atoms with Crippen LogP contribution >= 0.6 is 0 Å². The Morgan fingerprint density at radius 3 is 2.47 bits per heavy atom. The van der Waals surface area contributed by atoms with E-state index in [0.717, 1.165) is 18.4 Å². The van der Waals surface area contributed by atoms with Crippen LogP contribution in [0.1, 0.15) is 57.9 Å². The van der Waals surface area contributed by atoms with Gasteiger partial charge in [0.25, 0.3) is 0 Å². The molecular weight excluding hydrogens is 622 g/mol. The number of nitrogens with zero attached hydrogens (tertiary/aromatic N) is 2. The van der Waals surface area contributed by atoms with Gasteiger partial charge in [-0.3, -0.25) is 0 Å². The Bertz CT molecular complexity index is 1600. The first kappa shape index (κ1) is 33.6. The number of fused-ring (bicyclic) bond motifs is 2. The average Bonchev–Trinajstić information content (AvgIpc) is 3.65. The fourth-order valence-corrected chi connectivity index (χ4v) is 8.45. The maximum absolute atomic E-state index is 14.0.